The van der Waals surface area contributed by atoms with E-state index in [-0.39, 0.29) is 0 Å². The molecule has 72 valence electrons. The second-order valence-corrected chi connectivity index (χ2v) is 3.12. The molecular weight excluding hydrogens is 156 g/mol. The molecule has 4 nitrogen and oxygen atoms in total. The van der Waals surface area contributed by atoms with Crippen LogP contribution in [-0.2, 0) is 4.79 Å². The van der Waals surface area contributed by atoms with Crippen molar-refractivity contribution < 1.29 is 9.90 Å². The van der Waals surface area contributed by atoms with Crippen LogP contribution in [-0.4, -0.2) is 36.2 Å². The number of nitrogens with one attached hydrogen (secondary N) is 2. The maximum absolute atomic E-state index is 10.3. The first kappa shape index (κ1) is 11.4. The van der Waals surface area contributed by atoms with Gasteiger partial charge in [-0.15, -0.1) is 0 Å². The number of carbonyl (C=O) groups is 1. The smallest absolute Gasteiger partial charge is 0.320 e. The molecule has 0 aromatic rings. The van der Waals surface area contributed by atoms with Gasteiger partial charge in [0.25, 0.3) is 0 Å². The van der Waals surface area contributed by atoms with Crippen LogP contribution in [0.25, 0.3) is 0 Å². The van der Waals surface area contributed by atoms with Gasteiger partial charge in [0.05, 0.1) is 0 Å². The van der Waals surface area contributed by atoms with Crippen molar-refractivity contribution in [3.8, 4) is 0 Å². The average Bonchev–Trinajstić information content (AvgIpc) is 1.97. The Bertz CT molecular complexity index is 137. The van der Waals surface area contributed by atoms with Crippen molar-refractivity contribution in [1.82, 2.24) is 10.6 Å². The Labute approximate surface area is 73.3 Å². The molecular formula is C8H18N2O2. The van der Waals surface area contributed by atoms with Crippen molar-refractivity contribution >= 4 is 5.97 Å². The van der Waals surface area contributed by atoms with Gasteiger partial charge in [0.15, 0.2) is 0 Å². The Morgan fingerprint density at radius 3 is 2.17 bits per heavy atom. The monoisotopic (exact) mass is 174 g/mol. The third-order valence-electron chi connectivity index (χ3n) is 1.50. The predicted octanol–water partition coefficient (Wildman–Crippen LogP) is 0.0471. The van der Waals surface area contributed by atoms with Crippen LogP contribution >= 0.6 is 0 Å². The number of rotatable bonds is 6. The summed E-state index contributed by atoms with van der Waals surface area (Å²) in [7, 11) is 0. The van der Waals surface area contributed by atoms with Crippen LogP contribution in [0, 0.1) is 0 Å². The van der Waals surface area contributed by atoms with Crippen molar-refractivity contribution in [2.45, 2.75) is 32.9 Å². The van der Waals surface area contributed by atoms with Gasteiger partial charge in [-0.1, -0.05) is 13.8 Å². The Hall–Kier alpha value is -0.610. The molecule has 0 aliphatic heterocycles. The Morgan fingerprint density at radius 2 is 1.75 bits per heavy atom. The van der Waals surface area contributed by atoms with Gasteiger partial charge in [0.2, 0.25) is 0 Å². The van der Waals surface area contributed by atoms with Gasteiger partial charge in [-0.05, 0) is 6.92 Å². The molecule has 3 N–H and O–H groups in total. The van der Waals surface area contributed by atoms with E-state index in [1.54, 1.807) is 6.92 Å². The predicted molar refractivity (Wildman–Crippen MR) is 48.2 cm³/mol. The van der Waals surface area contributed by atoms with Gasteiger partial charge in [-0.25, -0.2) is 0 Å². The van der Waals surface area contributed by atoms with Crippen molar-refractivity contribution in [2.24, 2.45) is 0 Å². The largest absolute Gasteiger partial charge is 0.480 e. The maximum atomic E-state index is 10.3. The number of carboxylic acids is 1. The van der Waals surface area contributed by atoms with E-state index >= 15 is 0 Å². The van der Waals surface area contributed by atoms with E-state index in [1.165, 1.54) is 0 Å². The minimum absolute atomic E-state index is 0.451. The summed E-state index contributed by atoms with van der Waals surface area (Å²) in [5, 5.41) is 14.6. The molecule has 0 rings (SSSR count). The Morgan fingerprint density at radius 1 is 1.25 bits per heavy atom. The first-order chi connectivity index (χ1) is 5.54. The lowest BCUT2D eigenvalue weighted by Gasteiger charge is -2.11. The maximum Gasteiger partial charge on any atom is 0.320 e. The SMILES string of the molecule is CC(C)NCCN[C@H](C)C(=O)O. The average molecular weight is 174 g/mol. The summed E-state index contributed by atoms with van der Waals surface area (Å²) in [6.45, 7) is 7.24. The lowest BCUT2D eigenvalue weighted by molar-refractivity contribution is -0.138. The second-order valence-electron chi connectivity index (χ2n) is 3.12. The van der Waals surface area contributed by atoms with Crippen LogP contribution in [0.2, 0.25) is 0 Å². The molecule has 0 bridgehead atoms. The molecule has 0 spiro atoms. The van der Waals surface area contributed by atoms with Crippen LogP contribution in [0.4, 0.5) is 0 Å². The summed E-state index contributed by atoms with van der Waals surface area (Å²) in [5.41, 5.74) is 0. The zero-order chi connectivity index (χ0) is 9.56. The van der Waals surface area contributed by atoms with Crippen LogP contribution < -0.4 is 10.6 Å². The fraction of sp³-hybridized carbons (Fsp3) is 0.875. The molecule has 4 heteroatoms. The van der Waals surface area contributed by atoms with Crippen LogP contribution in [0.5, 0.6) is 0 Å². The van der Waals surface area contributed by atoms with E-state index in [1.807, 2.05) is 0 Å². The number of carboxylic acid groups (broad SMARTS) is 1. The third kappa shape index (κ3) is 6.12. The molecule has 0 amide bonds. The number of hydrogen-bond acceptors (Lipinski definition) is 3. The molecule has 0 unspecified atom stereocenters. The normalized spacial score (nSPS) is 13.3. The van der Waals surface area contributed by atoms with E-state index in [4.69, 9.17) is 5.11 Å². The van der Waals surface area contributed by atoms with Crippen molar-refractivity contribution in [3.05, 3.63) is 0 Å². The molecule has 0 aliphatic carbocycles. The first-order valence-electron chi connectivity index (χ1n) is 4.23. The van der Waals surface area contributed by atoms with E-state index in [2.05, 4.69) is 24.5 Å². The molecule has 0 aromatic heterocycles. The standard InChI is InChI=1S/C8H18N2O2/c1-6(2)9-4-5-10-7(3)8(11)12/h6-7,9-10H,4-5H2,1-3H3,(H,11,12)/t7-/m1/s1. The molecule has 0 fully saturated rings. The van der Waals surface area contributed by atoms with Crippen LogP contribution in [0.15, 0.2) is 0 Å². The molecule has 0 aromatic carbocycles. The fourth-order valence-corrected chi connectivity index (χ4v) is 0.737. The van der Waals surface area contributed by atoms with E-state index < -0.39 is 12.0 Å². The molecule has 12 heavy (non-hydrogen) atoms. The fourth-order valence-electron chi connectivity index (χ4n) is 0.737. The van der Waals surface area contributed by atoms with Gasteiger partial charge in [-0.3, -0.25) is 4.79 Å². The van der Waals surface area contributed by atoms with Crippen LogP contribution in [0.1, 0.15) is 20.8 Å². The third-order valence-corrected chi connectivity index (χ3v) is 1.50. The topological polar surface area (TPSA) is 61.4 Å². The first-order valence-corrected chi connectivity index (χ1v) is 4.23. The molecule has 0 radical (unpaired) electrons. The summed E-state index contributed by atoms with van der Waals surface area (Å²) in [6, 6.07) is -0.00843. The minimum Gasteiger partial charge on any atom is -0.480 e. The zero-order valence-electron chi connectivity index (χ0n) is 7.92. The highest BCUT2D eigenvalue weighted by Crippen LogP contribution is 1.79. The highest BCUT2D eigenvalue weighted by molar-refractivity contribution is 5.72. The van der Waals surface area contributed by atoms with E-state index in [0.717, 1.165) is 6.54 Å². The zero-order valence-corrected chi connectivity index (χ0v) is 7.92. The summed E-state index contributed by atoms with van der Waals surface area (Å²) >= 11 is 0. The lowest BCUT2D eigenvalue weighted by Crippen LogP contribution is -2.39. The van der Waals surface area contributed by atoms with Gasteiger partial charge < -0.3 is 15.7 Å². The van der Waals surface area contributed by atoms with Crippen molar-refractivity contribution in [3.63, 3.8) is 0 Å². The molecule has 0 aliphatic rings. The highest BCUT2D eigenvalue weighted by atomic mass is 16.4. The summed E-state index contributed by atoms with van der Waals surface area (Å²) in [5.74, 6) is -0.806. The molecule has 1 atom stereocenters. The second kappa shape index (κ2) is 5.97. The Balaban J connectivity index is 3.25. The van der Waals surface area contributed by atoms with Crippen molar-refractivity contribution in [2.75, 3.05) is 13.1 Å². The van der Waals surface area contributed by atoms with Gasteiger partial charge >= 0.3 is 5.97 Å². The summed E-state index contributed by atoms with van der Waals surface area (Å²) < 4.78 is 0. The van der Waals surface area contributed by atoms with Gasteiger partial charge in [0.1, 0.15) is 6.04 Å². The van der Waals surface area contributed by atoms with Gasteiger partial charge in [0, 0.05) is 19.1 Å². The molecule has 0 saturated heterocycles. The van der Waals surface area contributed by atoms with Crippen molar-refractivity contribution in [1.29, 1.82) is 0 Å². The highest BCUT2D eigenvalue weighted by Gasteiger charge is 2.07. The van der Waals surface area contributed by atoms with E-state index in [0.29, 0.717) is 12.6 Å². The lowest BCUT2D eigenvalue weighted by atomic mass is 10.3. The summed E-state index contributed by atoms with van der Waals surface area (Å²) in [4.78, 5) is 10.3. The molecule has 0 heterocycles. The number of hydrogen-bond donors (Lipinski definition) is 3. The quantitative estimate of drug-likeness (QED) is 0.498. The number of aliphatic carboxylic acids is 1. The Kier molecular flexibility index (Phi) is 5.66. The van der Waals surface area contributed by atoms with Gasteiger partial charge in [-0.2, -0.15) is 0 Å². The van der Waals surface area contributed by atoms with E-state index in [9.17, 15) is 4.79 Å². The summed E-state index contributed by atoms with van der Waals surface area (Å²) in [6.07, 6.45) is 0. The minimum atomic E-state index is -0.806. The van der Waals surface area contributed by atoms with Crippen LogP contribution in [0.3, 0.4) is 0 Å². The molecule has 0 saturated carbocycles.